The van der Waals surface area contributed by atoms with Crippen LogP contribution in [0.1, 0.15) is 0 Å². The van der Waals surface area contributed by atoms with E-state index < -0.39 is 0 Å². The summed E-state index contributed by atoms with van der Waals surface area (Å²) in [5.74, 6) is -0.0274. The van der Waals surface area contributed by atoms with Crippen LogP contribution in [-0.4, -0.2) is 21.6 Å². The lowest BCUT2D eigenvalue weighted by Gasteiger charge is -2.10. The first kappa shape index (κ1) is 22.5. The molecule has 0 saturated heterocycles. The van der Waals surface area contributed by atoms with E-state index in [9.17, 15) is 9.59 Å². The molecule has 3 aromatic carbocycles. The Morgan fingerprint density at radius 2 is 1.65 bits per heavy atom. The van der Waals surface area contributed by atoms with Gasteiger partial charge in [-0.2, -0.15) is 0 Å². The van der Waals surface area contributed by atoms with Gasteiger partial charge >= 0.3 is 0 Å². The highest BCUT2D eigenvalue weighted by Gasteiger charge is 2.14. The van der Waals surface area contributed by atoms with E-state index in [4.69, 9.17) is 0 Å². The molecule has 0 bridgehead atoms. The molecule has 5 rings (SSSR count). The fourth-order valence-corrected chi connectivity index (χ4v) is 6.01. The number of benzene rings is 3. The van der Waals surface area contributed by atoms with Crippen LogP contribution in [0.15, 0.2) is 110 Å². The Hall–Kier alpha value is -3.33. The summed E-state index contributed by atoms with van der Waals surface area (Å²) < 4.78 is 0. The van der Waals surface area contributed by atoms with Gasteiger partial charge < -0.3 is 10.3 Å². The third-order valence-corrected chi connectivity index (χ3v) is 7.81. The summed E-state index contributed by atoms with van der Waals surface area (Å²) >= 11 is 4.24. The van der Waals surface area contributed by atoms with E-state index in [0.29, 0.717) is 15.4 Å². The summed E-state index contributed by atoms with van der Waals surface area (Å²) in [7, 11) is 0. The number of para-hydroxylation sites is 1. The van der Waals surface area contributed by atoms with Gasteiger partial charge in [0.25, 0.3) is 5.56 Å². The number of amides is 1. The molecule has 0 fully saturated rings. The van der Waals surface area contributed by atoms with Gasteiger partial charge in [-0.3, -0.25) is 9.59 Å². The van der Waals surface area contributed by atoms with Gasteiger partial charge in [0.2, 0.25) is 5.91 Å². The zero-order chi connectivity index (χ0) is 23.3. The highest BCUT2D eigenvalue weighted by atomic mass is 32.2. The predicted molar refractivity (Wildman–Crippen MR) is 142 cm³/mol. The third-order valence-electron chi connectivity index (χ3n) is 4.98. The number of carbonyl (C=O) groups is 1. The lowest BCUT2D eigenvalue weighted by Crippen LogP contribution is -2.16. The smallest absolute Gasteiger partial charge is 0.260 e. The van der Waals surface area contributed by atoms with E-state index >= 15 is 0 Å². The van der Waals surface area contributed by atoms with Crippen molar-refractivity contribution in [3.63, 3.8) is 0 Å². The average Bonchev–Trinajstić information content (AvgIpc) is 3.30. The lowest BCUT2D eigenvalue weighted by atomic mass is 10.1. The van der Waals surface area contributed by atoms with Gasteiger partial charge in [-0.15, -0.1) is 11.3 Å². The zero-order valence-corrected chi connectivity index (χ0v) is 20.3. The van der Waals surface area contributed by atoms with Crippen molar-refractivity contribution in [2.75, 3.05) is 11.1 Å². The Labute approximate surface area is 208 Å². The number of anilines is 1. The minimum atomic E-state index is -0.197. The molecule has 5 nitrogen and oxygen atoms in total. The van der Waals surface area contributed by atoms with E-state index in [1.54, 1.807) is 11.8 Å². The van der Waals surface area contributed by atoms with E-state index in [-0.39, 0.29) is 17.2 Å². The number of thiophene rings is 1. The van der Waals surface area contributed by atoms with E-state index in [2.05, 4.69) is 15.3 Å². The third kappa shape index (κ3) is 5.09. The fraction of sp³-hybridized carbons (Fsp3) is 0.0385. The van der Waals surface area contributed by atoms with Crippen molar-refractivity contribution in [2.24, 2.45) is 0 Å². The van der Waals surface area contributed by atoms with Gasteiger partial charge in [0.05, 0.1) is 16.8 Å². The second kappa shape index (κ2) is 10.3. The number of fused-ring (bicyclic) bond motifs is 1. The van der Waals surface area contributed by atoms with Crippen LogP contribution in [0.25, 0.3) is 21.3 Å². The number of carbonyl (C=O) groups excluding carboxylic acids is 1. The number of H-pyrrole nitrogens is 1. The molecule has 1 amide bonds. The van der Waals surface area contributed by atoms with E-state index in [0.717, 1.165) is 26.6 Å². The number of hydrogen-bond donors (Lipinski definition) is 2. The second-order valence-corrected chi connectivity index (χ2v) is 10.3. The molecule has 0 aliphatic rings. The van der Waals surface area contributed by atoms with Crippen LogP contribution in [0, 0.1) is 0 Å². The van der Waals surface area contributed by atoms with Gasteiger partial charge in [0, 0.05) is 20.7 Å². The summed E-state index contributed by atoms with van der Waals surface area (Å²) in [4.78, 5) is 35.6. The van der Waals surface area contributed by atoms with Crippen molar-refractivity contribution in [2.45, 2.75) is 14.9 Å². The second-order valence-electron chi connectivity index (χ2n) is 7.31. The van der Waals surface area contributed by atoms with Crippen LogP contribution in [0.3, 0.4) is 0 Å². The first-order chi connectivity index (χ1) is 16.7. The normalized spacial score (nSPS) is 10.9. The van der Waals surface area contributed by atoms with Crippen molar-refractivity contribution >= 4 is 56.7 Å². The minimum Gasteiger partial charge on any atom is -0.324 e. The predicted octanol–water partition coefficient (Wildman–Crippen LogP) is 6.53. The maximum absolute atomic E-state index is 12.8. The number of aromatic amines is 1. The number of aromatic nitrogens is 2. The topological polar surface area (TPSA) is 74.8 Å². The highest BCUT2D eigenvalue weighted by Crippen LogP contribution is 2.34. The number of rotatable bonds is 7. The van der Waals surface area contributed by atoms with Crippen LogP contribution in [0.2, 0.25) is 0 Å². The Balaban J connectivity index is 1.28. The van der Waals surface area contributed by atoms with Gasteiger partial charge in [0.15, 0.2) is 5.16 Å². The monoisotopic (exact) mass is 501 g/mol. The molecule has 34 heavy (non-hydrogen) atoms. The summed E-state index contributed by atoms with van der Waals surface area (Å²) in [6, 6.07) is 27.5. The van der Waals surface area contributed by atoms with Crippen molar-refractivity contribution in [1.82, 2.24) is 9.97 Å². The molecule has 0 aliphatic carbocycles. The lowest BCUT2D eigenvalue weighted by molar-refractivity contribution is -0.113. The van der Waals surface area contributed by atoms with Gasteiger partial charge in [-0.05, 0) is 29.8 Å². The Kier molecular flexibility index (Phi) is 6.80. The summed E-state index contributed by atoms with van der Waals surface area (Å²) in [6.07, 6.45) is 0. The summed E-state index contributed by atoms with van der Waals surface area (Å²) in [6.45, 7) is 0. The molecule has 5 aromatic rings. The minimum absolute atomic E-state index is 0.135. The zero-order valence-electron chi connectivity index (χ0n) is 17.9. The van der Waals surface area contributed by atoms with E-state index in [1.807, 2.05) is 90.3 Å². The largest absolute Gasteiger partial charge is 0.324 e. The van der Waals surface area contributed by atoms with Gasteiger partial charge in [0.1, 0.15) is 4.83 Å². The number of thioether (sulfide) groups is 1. The van der Waals surface area contributed by atoms with Crippen LogP contribution in [0.4, 0.5) is 5.69 Å². The molecule has 0 aliphatic heterocycles. The molecule has 0 radical (unpaired) electrons. The standard InChI is InChI=1S/C26H19N3O2S3/c30-22(27-20-13-7-8-14-21(20)34-18-11-5-2-6-12-18)16-33-26-28-24(31)23-19(15-32-25(23)29-26)17-9-3-1-4-10-17/h1-15H,16H2,(H,27,30)(H,28,29,31). The van der Waals surface area contributed by atoms with Crippen molar-refractivity contribution < 1.29 is 4.79 Å². The van der Waals surface area contributed by atoms with Crippen LogP contribution < -0.4 is 10.9 Å². The van der Waals surface area contributed by atoms with Crippen molar-refractivity contribution in [3.8, 4) is 11.1 Å². The molecular formula is C26H19N3O2S3. The Bertz CT molecular complexity index is 1500. The molecule has 0 spiro atoms. The molecule has 2 heterocycles. The quantitative estimate of drug-likeness (QED) is 0.196. The number of nitrogens with one attached hydrogen (secondary N) is 2. The maximum Gasteiger partial charge on any atom is 0.260 e. The fourth-order valence-electron chi connectivity index (χ4n) is 3.42. The molecule has 0 saturated carbocycles. The van der Waals surface area contributed by atoms with Crippen LogP contribution in [-0.2, 0) is 4.79 Å². The summed E-state index contributed by atoms with van der Waals surface area (Å²) in [5.41, 5.74) is 2.41. The molecular weight excluding hydrogens is 483 g/mol. The molecule has 168 valence electrons. The maximum atomic E-state index is 12.8. The number of nitrogens with zero attached hydrogens (tertiary/aromatic N) is 1. The Morgan fingerprint density at radius 1 is 0.941 bits per heavy atom. The first-order valence-electron chi connectivity index (χ1n) is 10.5. The first-order valence-corrected chi connectivity index (χ1v) is 13.2. The Morgan fingerprint density at radius 3 is 2.44 bits per heavy atom. The molecule has 2 N–H and O–H groups in total. The SMILES string of the molecule is O=C(CSc1nc2scc(-c3ccccc3)c2c(=O)[nH]1)Nc1ccccc1Sc1ccccc1. The molecule has 8 heteroatoms. The molecule has 0 atom stereocenters. The van der Waals surface area contributed by atoms with Crippen molar-refractivity contribution in [1.29, 1.82) is 0 Å². The van der Waals surface area contributed by atoms with Crippen LogP contribution >= 0.6 is 34.9 Å². The van der Waals surface area contributed by atoms with E-state index in [1.165, 1.54) is 23.1 Å². The number of hydrogen-bond acceptors (Lipinski definition) is 6. The highest BCUT2D eigenvalue weighted by molar-refractivity contribution is 8.00. The van der Waals surface area contributed by atoms with Crippen LogP contribution in [0.5, 0.6) is 0 Å². The summed E-state index contributed by atoms with van der Waals surface area (Å²) in [5, 5.41) is 5.94. The van der Waals surface area contributed by atoms with Gasteiger partial charge in [-0.25, -0.2) is 4.98 Å². The van der Waals surface area contributed by atoms with Gasteiger partial charge in [-0.1, -0.05) is 84.2 Å². The van der Waals surface area contributed by atoms with Crippen molar-refractivity contribution in [3.05, 3.63) is 101 Å². The molecule has 2 aromatic heterocycles. The molecule has 0 unspecified atom stereocenters. The average molecular weight is 502 g/mol.